The summed E-state index contributed by atoms with van der Waals surface area (Å²) in [6, 6.07) is 5.26. The first kappa shape index (κ1) is 21.3. The van der Waals surface area contributed by atoms with E-state index >= 15 is 0 Å². The lowest BCUT2D eigenvalue weighted by molar-refractivity contribution is 0.346. The van der Waals surface area contributed by atoms with E-state index in [-0.39, 0.29) is 0 Å². The Hall–Kier alpha value is -1.91. The van der Waals surface area contributed by atoms with Gasteiger partial charge in [0.25, 0.3) is 0 Å². The van der Waals surface area contributed by atoms with Crippen molar-refractivity contribution in [3.05, 3.63) is 29.9 Å². The van der Waals surface area contributed by atoms with Crippen LogP contribution in [-0.4, -0.2) is 45.5 Å². The molecule has 8 nitrogen and oxygen atoms in total. The molecule has 30 heavy (non-hydrogen) atoms. The van der Waals surface area contributed by atoms with Gasteiger partial charge in [-0.25, -0.2) is 13.4 Å². The molecular formula is C20H27N5O3S2. The maximum absolute atomic E-state index is 13.0. The van der Waals surface area contributed by atoms with Gasteiger partial charge in [0, 0.05) is 26.1 Å². The zero-order chi connectivity index (χ0) is 21.1. The van der Waals surface area contributed by atoms with E-state index in [9.17, 15) is 8.42 Å². The molecule has 0 N–H and O–H groups in total. The van der Waals surface area contributed by atoms with Crippen molar-refractivity contribution in [2.75, 3.05) is 13.1 Å². The molecule has 0 amide bonds. The molecule has 0 bridgehead atoms. The van der Waals surface area contributed by atoms with Gasteiger partial charge in [0.15, 0.2) is 11.0 Å². The molecule has 3 heterocycles. The normalized spacial score (nSPS) is 15.8. The maximum Gasteiger partial charge on any atom is 0.243 e. The minimum atomic E-state index is -3.48. The highest BCUT2D eigenvalue weighted by molar-refractivity contribution is 7.98. The van der Waals surface area contributed by atoms with Crippen molar-refractivity contribution in [1.82, 2.24) is 24.0 Å². The number of aryl methyl sites for hydroxylation is 2. The van der Waals surface area contributed by atoms with Gasteiger partial charge in [0.05, 0.1) is 21.7 Å². The number of nitrogens with zero attached hydrogens (tertiary/aromatic N) is 5. The molecule has 1 saturated heterocycles. The SMILES string of the molecule is CCCc1nc(CSc2nc3cc(S(=O)(=O)N4CCCCC4)ccc3n2CC)no1. The molecule has 0 aliphatic carbocycles. The third-order valence-electron chi connectivity index (χ3n) is 5.26. The Bertz CT molecular complexity index is 1120. The fraction of sp³-hybridized carbons (Fsp3) is 0.550. The van der Waals surface area contributed by atoms with E-state index in [0.717, 1.165) is 49.3 Å². The number of fused-ring (bicyclic) bond motifs is 1. The van der Waals surface area contributed by atoms with Crippen molar-refractivity contribution in [2.45, 2.75) is 68.3 Å². The topological polar surface area (TPSA) is 94.1 Å². The molecule has 2 aromatic heterocycles. The van der Waals surface area contributed by atoms with Gasteiger partial charge < -0.3 is 9.09 Å². The Balaban J connectivity index is 1.58. The predicted molar refractivity (Wildman–Crippen MR) is 116 cm³/mol. The lowest BCUT2D eigenvalue weighted by Crippen LogP contribution is -2.35. The Morgan fingerprint density at radius 2 is 1.93 bits per heavy atom. The molecule has 10 heteroatoms. The second-order valence-electron chi connectivity index (χ2n) is 7.40. The van der Waals surface area contributed by atoms with Gasteiger partial charge >= 0.3 is 0 Å². The first-order valence-corrected chi connectivity index (χ1v) is 12.9. The quantitative estimate of drug-likeness (QED) is 0.482. The average Bonchev–Trinajstić information content (AvgIpc) is 3.36. The summed E-state index contributed by atoms with van der Waals surface area (Å²) in [6.07, 6.45) is 4.67. The smallest absolute Gasteiger partial charge is 0.243 e. The second kappa shape index (κ2) is 9.07. The summed E-state index contributed by atoms with van der Waals surface area (Å²) in [5.74, 6) is 1.85. The number of hydrogen-bond donors (Lipinski definition) is 0. The molecule has 0 saturated carbocycles. The van der Waals surface area contributed by atoms with Crippen LogP contribution in [0.3, 0.4) is 0 Å². The van der Waals surface area contributed by atoms with Crippen LogP contribution in [0, 0.1) is 0 Å². The van der Waals surface area contributed by atoms with Gasteiger partial charge in [-0.3, -0.25) is 0 Å². The van der Waals surface area contributed by atoms with Crippen LogP contribution >= 0.6 is 11.8 Å². The van der Waals surface area contributed by atoms with E-state index in [0.29, 0.717) is 41.0 Å². The van der Waals surface area contributed by atoms with Gasteiger partial charge in [0.1, 0.15) is 0 Å². The van der Waals surface area contributed by atoms with Crippen LogP contribution in [0.4, 0.5) is 0 Å². The summed E-state index contributed by atoms with van der Waals surface area (Å²) in [5, 5.41) is 4.85. The number of piperidine rings is 1. The number of sulfonamides is 1. The van der Waals surface area contributed by atoms with E-state index in [2.05, 4.69) is 28.6 Å². The largest absolute Gasteiger partial charge is 0.339 e. The van der Waals surface area contributed by atoms with Gasteiger partial charge in [-0.1, -0.05) is 30.3 Å². The summed E-state index contributed by atoms with van der Waals surface area (Å²) in [6.45, 7) is 6.05. The summed E-state index contributed by atoms with van der Waals surface area (Å²) in [7, 11) is -3.48. The minimum absolute atomic E-state index is 0.316. The molecule has 0 spiro atoms. The van der Waals surface area contributed by atoms with Crippen LogP contribution in [0.2, 0.25) is 0 Å². The van der Waals surface area contributed by atoms with E-state index in [1.54, 1.807) is 16.4 Å². The van der Waals surface area contributed by atoms with Crippen molar-refractivity contribution in [2.24, 2.45) is 0 Å². The van der Waals surface area contributed by atoms with E-state index in [1.165, 1.54) is 11.8 Å². The predicted octanol–water partition coefficient (Wildman–Crippen LogP) is 3.86. The Morgan fingerprint density at radius 1 is 1.13 bits per heavy atom. The lowest BCUT2D eigenvalue weighted by atomic mass is 10.2. The Labute approximate surface area is 181 Å². The Kier molecular flexibility index (Phi) is 6.45. The molecule has 162 valence electrons. The molecule has 1 aliphatic rings. The first-order chi connectivity index (χ1) is 14.5. The minimum Gasteiger partial charge on any atom is -0.339 e. The first-order valence-electron chi connectivity index (χ1n) is 10.5. The number of imidazole rings is 1. The third-order valence-corrected chi connectivity index (χ3v) is 8.13. The number of rotatable bonds is 8. The van der Waals surface area contributed by atoms with E-state index < -0.39 is 10.0 Å². The van der Waals surface area contributed by atoms with Crippen LogP contribution in [-0.2, 0) is 28.7 Å². The highest BCUT2D eigenvalue weighted by Gasteiger charge is 2.26. The summed E-state index contributed by atoms with van der Waals surface area (Å²) in [4.78, 5) is 9.44. The van der Waals surface area contributed by atoms with Gasteiger partial charge in [0.2, 0.25) is 15.9 Å². The van der Waals surface area contributed by atoms with E-state index in [1.807, 2.05) is 6.07 Å². The zero-order valence-corrected chi connectivity index (χ0v) is 19.0. The molecule has 0 radical (unpaired) electrons. The van der Waals surface area contributed by atoms with Gasteiger partial charge in [-0.05, 0) is 44.4 Å². The molecule has 1 aliphatic heterocycles. The van der Waals surface area contributed by atoms with Crippen molar-refractivity contribution < 1.29 is 12.9 Å². The molecule has 1 aromatic carbocycles. The van der Waals surface area contributed by atoms with Crippen LogP contribution < -0.4 is 0 Å². The number of aromatic nitrogens is 4. The summed E-state index contributed by atoms with van der Waals surface area (Å²) in [5.41, 5.74) is 1.62. The molecular weight excluding hydrogens is 422 g/mol. The monoisotopic (exact) mass is 449 g/mol. The van der Waals surface area contributed by atoms with Crippen molar-refractivity contribution >= 4 is 32.8 Å². The van der Waals surface area contributed by atoms with Crippen molar-refractivity contribution in [3.63, 3.8) is 0 Å². The molecule has 3 aromatic rings. The zero-order valence-electron chi connectivity index (χ0n) is 17.4. The van der Waals surface area contributed by atoms with Crippen LogP contribution in [0.25, 0.3) is 11.0 Å². The van der Waals surface area contributed by atoms with Crippen molar-refractivity contribution in [1.29, 1.82) is 0 Å². The summed E-state index contributed by atoms with van der Waals surface area (Å²) < 4.78 is 35.0. The summed E-state index contributed by atoms with van der Waals surface area (Å²) >= 11 is 1.53. The molecule has 1 fully saturated rings. The molecule has 0 unspecified atom stereocenters. The third kappa shape index (κ3) is 4.26. The number of thioether (sulfide) groups is 1. The van der Waals surface area contributed by atoms with Crippen LogP contribution in [0.15, 0.2) is 32.8 Å². The lowest BCUT2D eigenvalue weighted by Gasteiger charge is -2.25. The standard InChI is InChI=1S/C20H27N5O3S2/c1-3-8-19-22-18(23-28-19)14-29-20-21-16-13-15(9-10-17(16)25(20)4-2)30(26,27)24-11-6-5-7-12-24/h9-10,13H,3-8,11-12,14H2,1-2H3. The van der Waals surface area contributed by atoms with Crippen molar-refractivity contribution in [3.8, 4) is 0 Å². The fourth-order valence-corrected chi connectivity index (χ4v) is 6.17. The average molecular weight is 450 g/mol. The van der Waals surface area contributed by atoms with Gasteiger partial charge in [-0.2, -0.15) is 9.29 Å². The van der Waals surface area contributed by atoms with Gasteiger partial charge in [-0.15, -0.1) is 0 Å². The maximum atomic E-state index is 13.0. The fourth-order valence-electron chi connectivity index (χ4n) is 3.71. The highest BCUT2D eigenvalue weighted by Crippen LogP contribution is 2.29. The second-order valence-corrected chi connectivity index (χ2v) is 10.3. The molecule has 0 atom stereocenters. The van der Waals surface area contributed by atoms with Crippen LogP contribution in [0.5, 0.6) is 0 Å². The molecule has 4 rings (SSSR count). The van der Waals surface area contributed by atoms with E-state index in [4.69, 9.17) is 9.51 Å². The number of hydrogen-bond acceptors (Lipinski definition) is 7. The highest BCUT2D eigenvalue weighted by atomic mass is 32.2. The van der Waals surface area contributed by atoms with Crippen LogP contribution in [0.1, 0.15) is 51.2 Å². The number of benzene rings is 1. The Morgan fingerprint density at radius 3 is 2.67 bits per heavy atom.